The van der Waals surface area contributed by atoms with Gasteiger partial charge >= 0.3 is 0 Å². The van der Waals surface area contributed by atoms with Gasteiger partial charge < -0.3 is 5.32 Å². The predicted octanol–water partition coefficient (Wildman–Crippen LogP) is 1.78. The molecule has 0 amide bonds. The minimum atomic E-state index is 0.759. The molecule has 0 aromatic rings. The second-order valence-corrected chi connectivity index (χ2v) is 4.72. The maximum atomic E-state index is 3.62. The van der Waals surface area contributed by atoms with E-state index < -0.39 is 0 Å². The van der Waals surface area contributed by atoms with E-state index in [1.165, 1.54) is 51.9 Å². The first kappa shape index (κ1) is 10.2. The van der Waals surface area contributed by atoms with Crippen LogP contribution in [0.5, 0.6) is 0 Å². The Morgan fingerprint density at radius 1 is 1.50 bits per heavy atom. The Bertz CT molecular complexity index is 204. The summed E-state index contributed by atoms with van der Waals surface area (Å²) in [5, 5.41) is 3.62. The van der Waals surface area contributed by atoms with Gasteiger partial charge in [0.05, 0.1) is 0 Å². The molecule has 14 heavy (non-hydrogen) atoms. The molecule has 0 aromatic carbocycles. The lowest BCUT2D eigenvalue weighted by molar-refractivity contribution is 0.235. The summed E-state index contributed by atoms with van der Waals surface area (Å²) in [7, 11) is 0. The van der Waals surface area contributed by atoms with Gasteiger partial charge in [-0.05, 0) is 32.7 Å². The van der Waals surface area contributed by atoms with Crippen LogP contribution in [-0.4, -0.2) is 37.1 Å². The van der Waals surface area contributed by atoms with Gasteiger partial charge in [-0.1, -0.05) is 18.1 Å². The fourth-order valence-electron chi connectivity index (χ4n) is 2.54. The Morgan fingerprint density at radius 3 is 3.14 bits per heavy atom. The molecule has 0 aliphatic carbocycles. The molecular formula is C12H22N2. The highest BCUT2D eigenvalue weighted by molar-refractivity contribution is 5.04. The Morgan fingerprint density at radius 2 is 2.43 bits per heavy atom. The normalized spacial score (nSPS) is 30.1. The monoisotopic (exact) mass is 194 g/mol. The van der Waals surface area contributed by atoms with E-state index in [4.69, 9.17) is 0 Å². The van der Waals surface area contributed by atoms with Gasteiger partial charge in [0.1, 0.15) is 0 Å². The van der Waals surface area contributed by atoms with Gasteiger partial charge in [0.15, 0.2) is 0 Å². The topological polar surface area (TPSA) is 15.3 Å². The largest absolute Gasteiger partial charge is 0.313 e. The smallest absolute Gasteiger partial charge is 0.0195 e. The summed E-state index contributed by atoms with van der Waals surface area (Å²) in [4.78, 5) is 2.60. The second-order valence-electron chi connectivity index (χ2n) is 4.72. The number of rotatable bonds is 2. The summed E-state index contributed by atoms with van der Waals surface area (Å²) in [5.74, 6) is 0. The molecule has 0 radical (unpaired) electrons. The molecular weight excluding hydrogens is 172 g/mol. The van der Waals surface area contributed by atoms with Crippen molar-refractivity contribution in [2.75, 3.05) is 26.2 Å². The average Bonchev–Trinajstić information content (AvgIpc) is 2.19. The zero-order chi connectivity index (χ0) is 9.80. The molecule has 2 rings (SSSR count). The van der Waals surface area contributed by atoms with Crippen molar-refractivity contribution in [1.82, 2.24) is 10.2 Å². The molecule has 2 aliphatic rings. The molecule has 1 fully saturated rings. The predicted molar refractivity (Wildman–Crippen MR) is 60.5 cm³/mol. The van der Waals surface area contributed by atoms with Crippen LogP contribution in [0.3, 0.4) is 0 Å². The Labute approximate surface area is 87.4 Å². The number of piperidine rings is 1. The van der Waals surface area contributed by atoms with Crippen molar-refractivity contribution in [3.63, 3.8) is 0 Å². The van der Waals surface area contributed by atoms with Crippen LogP contribution in [0.2, 0.25) is 0 Å². The Hall–Kier alpha value is -0.340. The summed E-state index contributed by atoms with van der Waals surface area (Å²) in [6.45, 7) is 7.19. The maximum absolute atomic E-state index is 3.62. The van der Waals surface area contributed by atoms with Crippen LogP contribution in [0.1, 0.15) is 32.6 Å². The fourth-order valence-corrected chi connectivity index (χ4v) is 2.54. The summed E-state index contributed by atoms with van der Waals surface area (Å²) in [5.41, 5.74) is 1.55. The SMILES string of the molecule is CC1=CCCN(CC2CCCCN2)C1. The van der Waals surface area contributed by atoms with Crippen LogP contribution in [0.15, 0.2) is 11.6 Å². The van der Waals surface area contributed by atoms with Crippen molar-refractivity contribution in [3.05, 3.63) is 11.6 Å². The maximum Gasteiger partial charge on any atom is 0.0195 e. The Balaban J connectivity index is 1.76. The summed E-state index contributed by atoms with van der Waals surface area (Å²) >= 11 is 0. The highest BCUT2D eigenvalue weighted by atomic mass is 15.2. The molecule has 2 heteroatoms. The molecule has 2 nitrogen and oxygen atoms in total. The van der Waals surface area contributed by atoms with Gasteiger partial charge in [0, 0.05) is 25.7 Å². The van der Waals surface area contributed by atoms with E-state index in [1.54, 1.807) is 5.57 Å². The van der Waals surface area contributed by atoms with Crippen molar-refractivity contribution in [2.24, 2.45) is 0 Å². The molecule has 0 spiro atoms. The number of nitrogens with one attached hydrogen (secondary N) is 1. The highest BCUT2D eigenvalue weighted by Gasteiger charge is 2.17. The van der Waals surface area contributed by atoms with Crippen LogP contribution in [0.25, 0.3) is 0 Å². The molecule has 2 heterocycles. The van der Waals surface area contributed by atoms with E-state index in [2.05, 4.69) is 23.2 Å². The molecule has 1 N–H and O–H groups in total. The van der Waals surface area contributed by atoms with Gasteiger partial charge in [-0.25, -0.2) is 0 Å². The van der Waals surface area contributed by atoms with Crippen LogP contribution < -0.4 is 5.32 Å². The molecule has 2 aliphatic heterocycles. The zero-order valence-corrected chi connectivity index (χ0v) is 9.26. The molecule has 1 saturated heterocycles. The lowest BCUT2D eigenvalue weighted by atomic mass is 10.0. The number of hydrogen-bond acceptors (Lipinski definition) is 2. The highest BCUT2D eigenvalue weighted by Crippen LogP contribution is 2.13. The van der Waals surface area contributed by atoms with Gasteiger partial charge in [0.2, 0.25) is 0 Å². The molecule has 1 atom stereocenters. The molecule has 0 aromatic heterocycles. The molecule has 0 saturated carbocycles. The van der Waals surface area contributed by atoms with E-state index in [1.807, 2.05) is 0 Å². The fraction of sp³-hybridized carbons (Fsp3) is 0.833. The average molecular weight is 194 g/mol. The molecule has 1 unspecified atom stereocenters. The number of hydrogen-bond donors (Lipinski definition) is 1. The summed E-state index contributed by atoms with van der Waals surface area (Å²) in [6, 6.07) is 0.759. The summed E-state index contributed by atoms with van der Waals surface area (Å²) < 4.78 is 0. The van der Waals surface area contributed by atoms with Gasteiger partial charge in [-0.2, -0.15) is 0 Å². The lowest BCUT2D eigenvalue weighted by Gasteiger charge is -2.32. The van der Waals surface area contributed by atoms with E-state index in [0.29, 0.717) is 0 Å². The van der Waals surface area contributed by atoms with E-state index in [9.17, 15) is 0 Å². The van der Waals surface area contributed by atoms with Crippen molar-refractivity contribution < 1.29 is 0 Å². The van der Waals surface area contributed by atoms with E-state index in [-0.39, 0.29) is 0 Å². The molecule has 0 bridgehead atoms. The van der Waals surface area contributed by atoms with Crippen LogP contribution >= 0.6 is 0 Å². The van der Waals surface area contributed by atoms with Crippen LogP contribution in [0, 0.1) is 0 Å². The first-order valence-corrected chi connectivity index (χ1v) is 5.96. The van der Waals surface area contributed by atoms with Crippen molar-refractivity contribution >= 4 is 0 Å². The van der Waals surface area contributed by atoms with Crippen molar-refractivity contribution in [3.8, 4) is 0 Å². The van der Waals surface area contributed by atoms with Crippen molar-refractivity contribution in [1.29, 1.82) is 0 Å². The first-order chi connectivity index (χ1) is 6.84. The third kappa shape index (κ3) is 2.82. The molecule has 80 valence electrons. The quantitative estimate of drug-likeness (QED) is 0.674. The standard InChI is InChI=1S/C12H22N2/c1-11-5-4-8-14(9-11)10-12-6-2-3-7-13-12/h5,12-13H,2-4,6-10H2,1H3. The third-order valence-electron chi connectivity index (χ3n) is 3.30. The van der Waals surface area contributed by atoms with Gasteiger partial charge in [-0.15, -0.1) is 0 Å². The van der Waals surface area contributed by atoms with Crippen molar-refractivity contribution in [2.45, 2.75) is 38.6 Å². The number of nitrogens with zero attached hydrogens (tertiary/aromatic N) is 1. The summed E-state index contributed by atoms with van der Waals surface area (Å²) in [6.07, 6.45) is 7.79. The zero-order valence-electron chi connectivity index (χ0n) is 9.26. The first-order valence-electron chi connectivity index (χ1n) is 5.96. The third-order valence-corrected chi connectivity index (χ3v) is 3.30. The minimum absolute atomic E-state index is 0.759. The van der Waals surface area contributed by atoms with Gasteiger partial charge in [0.25, 0.3) is 0 Å². The van der Waals surface area contributed by atoms with E-state index in [0.717, 1.165) is 6.04 Å². The second kappa shape index (κ2) is 4.94. The minimum Gasteiger partial charge on any atom is -0.313 e. The van der Waals surface area contributed by atoms with Crippen LogP contribution in [0.4, 0.5) is 0 Å². The van der Waals surface area contributed by atoms with Gasteiger partial charge in [-0.3, -0.25) is 4.90 Å². The van der Waals surface area contributed by atoms with Crippen LogP contribution in [-0.2, 0) is 0 Å². The Kier molecular flexibility index (Phi) is 3.60. The van der Waals surface area contributed by atoms with E-state index >= 15 is 0 Å². The lowest BCUT2D eigenvalue weighted by Crippen LogP contribution is -2.45.